The summed E-state index contributed by atoms with van der Waals surface area (Å²) in [6.07, 6.45) is 0. The minimum Gasteiger partial charge on any atom is -0.323 e. The standard InChI is InChI=1S/C18H15N5/c19-20-17(12-23-18-11-4-3-10-16(18)21-22-23)15-9-5-7-13-6-1-2-8-14(13)15/h1-11H,12,19H2/b20-17+. The lowest BCUT2D eigenvalue weighted by molar-refractivity contribution is 0.700. The van der Waals surface area contributed by atoms with Gasteiger partial charge in [0.2, 0.25) is 0 Å². The summed E-state index contributed by atoms with van der Waals surface area (Å²) >= 11 is 0. The lowest BCUT2D eigenvalue weighted by atomic mass is 10.0. The van der Waals surface area contributed by atoms with E-state index in [4.69, 9.17) is 5.84 Å². The molecule has 0 fully saturated rings. The molecule has 4 aromatic rings. The van der Waals surface area contributed by atoms with Gasteiger partial charge in [-0.1, -0.05) is 59.8 Å². The summed E-state index contributed by atoms with van der Waals surface area (Å²) in [7, 11) is 0. The lowest BCUT2D eigenvalue weighted by Gasteiger charge is -2.09. The fraction of sp³-hybridized carbons (Fsp3) is 0.0556. The van der Waals surface area contributed by atoms with Crippen molar-refractivity contribution < 1.29 is 0 Å². The van der Waals surface area contributed by atoms with Gasteiger partial charge in [0.25, 0.3) is 0 Å². The van der Waals surface area contributed by atoms with Crippen LogP contribution in [0, 0.1) is 0 Å². The van der Waals surface area contributed by atoms with Crippen molar-refractivity contribution in [3.8, 4) is 0 Å². The second kappa shape index (κ2) is 5.53. The number of hydrogen-bond donors (Lipinski definition) is 1. The second-order valence-corrected chi connectivity index (χ2v) is 5.34. The molecule has 2 N–H and O–H groups in total. The summed E-state index contributed by atoms with van der Waals surface area (Å²) in [5.74, 6) is 5.68. The Morgan fingerprint density at radius 3 is 2.65 bits per heavy atom. The zero-order valence-electron chi connectivity index (χ0n) is 12.4. The second-order valence-electron chi connectivity index (χ2n) is 5.34. The molecule has 23 heavy (non-hydrogen) atoms. The van der Waals surface area contributed by atoms with Gasteiger partial charge in [-0.15, -0.1) is 5.10 Å². The number of nitrogens with zero attached hydrogens (tertiary/aromatic N) is 4. The first-order valence-corrected chi connectivity index (χ1v) is 7.40. The maximum Gasteiger partial charge on any atom is 0.113 e. The lowest BCUT2D eigenvalue weighted by Crippen LogP contribution is -2.15. The van der Waals surface area contributed by atoms with Crippen LogP contribution in [0.5, 0.6) is 0 Å². The van der Waals surface area contributed by atoms with Crippen molar-refractivity contribution in [3.63, 3.8) is 0 Å². The molecule has 0 saturated carbocycles. The third-order valence-electron chi connectivity index (χ3n) is 3.98. The van der Waals surface area contributed by atoms with Gasteiger partial charge in [-0.3, -0.25) is 0 Å². The van der Waals surface area contributed by atoms with E-state index in [-0.39, 0.29) is 0 Å². The Morgan fingerprint density at radius 2 is 1.74 bits per heavy atom. The Bertz CT molecular complexity index is 1010. The molecule has 5 nitrogen and oxygen atoms in total. The molecular formula is C18H15N5. The molecule has 0 saturated heterocycles. The zero-order chi connectivity index (χ0) is 15.6. The first-order chi connectivity index (χ1) is 11.4. The largest absolute Gasteiger partial charge is 0.323 e. The first kappa shape index (κ1) is 13.5. The van der Waals surface area contributed by atoms with E-state index in [0.717, 1.165) is 33.1 Å². The highest BCUT2D eigenvalue weighted by atomic mass is 15.4. The molecule has 0 bridgehead atoms. The van der Waals surface area contributed by atoms with Gasteiger partial charge >= 0.3 is 0 Å². The smallest absolute Gasteiger partial charge is 0.113 e. The topological polar surface area (TPSA) is 69.1 Å². The fourth-order valence-electron chi connectivity index (χ4n) is 2.85. The van der Waals surface area contributed by atoms with Crippen LogP contribution >= 0.6 is 0 Å². The highest BCUT2D eigenvalue weighted by molar-refractivity contribution is 6.10. The molecule has 0 aliphatic rings. The van der Waals surface area contributed by atoms with E-state index >= 15 is 0 Å². The van der Waals surface area contributed by atoms with Gasteiger partial charge in [0.15, 0.2) is 0 Å². The molecule has 0 amide bonds. The van der Waals surface area contributed by atoms with Crippen LogP contribution in [0.4, 0.5) is 0 Å². The number of hydrogen-bond acceptors (Lipinski definition) is 4. The number of hydrazone groups is 1. The highest BCUT2D eigenvalue weighted by Gasteiger charge is 2.11. The molecule has 4 rings (SSSR count). The van der Waals surface area contributed by atoms with E-state index in [9.17, 15) is 0 Å². The van der Waals surface area contributed by atoms with E-state index in [1.807, 2.05) is 53.2 Å². The number of para-hydroxylation sites is 1. The summed E-state index contributed by atoms with van der Waals surface area (Å²) in [6, 6.07) is 22.2. The molecule has 0 aliphatic carbocycles. The Labute approximate surface area is 133 Å². The van der Waals surface area contributed by atoms with Gasteiger partial charge in [-0.05, 0) is 22.9 Å². The Balaban J connectivity index is 1.80. The van der Waals surface area contributed by atoms with E-state index in [2.05, 4.69) is 33.6 Å². The minimum atomic E-state index is 0.477. The molecule has 1 heterocycles. The summed E-state index contributed by atoms with van der Waals surface area (Å²) < 4.78 is 1.82. The summed E-state index contributed by atoms with van der Waals surface area (Å²) in [4.78, 5) is 0. The summed E-state index contributed by atoms with van der Waals surface area (Å²) in [5.41, 5.74) is 3.62. The van der Waals surface area contributed by atoms with Crippen LogP contribution in [-0.4, -0.2) is 20.7 Å². The third kappa shape index (κ3) is 2.32. The number of nitrogens with two attached hydrogens (primary N) is 1. The predicted octanol–water partition coefficient (Wildman–Crippen LogP) is 2.95. The van der Waals surface area contributed by atoms with E-state index in [0.29, 0.717) is 6.54 Å². The van der Waals surface area contributed by atoms with E-state index in [1.165, 1.54) is 0 Å². The fourth-order valence-corrected chi connectivity index (χ4v) is 2.85. The van der Waals surface area contributed by atoms with Gasteiger partial charge in [-0.2, -0.15) is 5.10 Å². The summed E-state index contributed by atoms with van der Waals surface area (Å²) in [5, 5.41) is 14.7. The highest BCUT2D eigenvalue weighted by Crippen LogP contribution is 2.20. The molecule has 0 aliphatic heterocycles. The molecular weight excluding hydrogens is 286 g/mol. The van der Waals surface area contributed by atoms with Gasteiger partial charge in [0, 0.05) is 5.56 Å². The molecule has 0 atom stereocenters. The molecule has 5 heteroatoms. The van der Waals surface area contributed by atoms with Crippen LogP contribution in [-0.2, 0) is 6.54 Å². The van der Waals surface area contributed by atoms with Crippen molar-refractivity contribution in [1.29, 1.82) is 0 Å². The van der Waals surface area contributed by atoms with Crippen molar-refractivity contribution in [2.75, 3.05) is 0 Å². The number of fused-ring (bicyclic) bond motifs is 2. The number of benzene rings is 3. The van der Waals surface area contributed by atoms with Crippen molar-refractivity contribution in [2.24, 2.45) is 10.9 Å². The van der Waals surface area contributed by atoms with Crippen LogP contribution < -0.4 is 5.84 Å². The van der Waals surface area contributed by atoms with E-state index < -0.39 is 0 Å². The zero-order valence-corrected chi connectivity index (χ0v) is 12.4. The van der Waals surface area contributed by atoms with Crippen molar-refractivity contribution in [2.45, 2.75) is 6.54 Å². The number of rotatable bonds is 3. The minimum absolute atomic E-state index is 0.477. The van der Waals surface area contributed by atoms with Crippen molar-refractivity contribution in [1.82, 2.24) is 15.0 Å². The van der Waals surface area contributed by atoms with E-state index in [1.54, 1.807) is 0 Å². The van der Waals surface area contributed by atoms with Gasteiger partial charge in [0.05, 0.1) is 17.8 Å². The molecule has 3 aromatic carbocycles. The van der Waals surface area contributed by atoms with Gasteiger partial charge in [-0.25, -0.2) is 4.68 Å². The van der Waals surface area contributed by atoms with Gasteiger partial charge < -0.3 is 5.84 Å². The Kier molecular flexibility index (Phi) is 3.24. The molecule has 112 valence electrons. The molecule has 0 spiro atoms. The van der Waals surface area contributed by atoms with Crippen LogP contribution in [0.25, 0.3) is 21.8 Å². The summed E-state index contributed by atoms with van der Waals surface area (Å²) in [6.45, 7) is 0.477. The van der Waals surface area contributed by atoms with Crippen LogP contribution in [0.1, 0.15) is 5.56 Å². The van der Waals surface area contributed by atoms with Gasteiger partial charge in [0.1, 0.15) is 5.52 Å². The Morgan fingerprint density at radius 1 is 0.957 bits per heavy atom. The predicted molar refractivity (Wildman–Crippen MR) is 92.2 cm³/mol. The first-order valence-electron chi connectivity index (χ1n) is 7.40. The maximum absolute atomic E-state index is 5.68. The quantitative estimate of drug-likeness (QED) is 0.359. The average molecular weight is 301 g/mol. The molecule has 0 radical (unpaired) electrons. The average Bonchev–Trinajstić information content (AvgIpc) is 3.02. The monoisotopic (exact) mass is 301 g/mol. The normalized spacial score (nSPS) is 12.1. The van der Waals surface area contributed by atoms with Crippen LogP contribution in [0.2, 0.25) is 0 Å². The molecule has 1 aromatic heterocycles. The number of aromatic nitrogens is 3. The SMILES string of the molecule is N/N=C(\Cn1nnc2ccccc21)c1cccc2ccccc12. The van der Waals surface area contributed by atoms with Crippen LogP contribution in [0.3, 0.4) is 0 Å². The van der Waals surface area contributed by atoms with Crippen LogP contribution in [0.15, 0.2) is 71.8 Å². The van der Waals surface area contributed by atoms with Crippen molar-refractivity contribution in [3.05, 3.63) is 72.3 Å². The third-order valence-corrected chi connectivity index (χ3v) is 3.98. The maximum atomic E-state index is 5.68. The van der Waals surface area contributed by atoms with Crippen molar-refractivity contribution >= 4 is 27.5 Å². The molecule has 0 unspecified atom stereocenters. The Hall–Kier alpha value is -3.21.